The zero-order valence-electron chi connectivity index (χ0n) is 53.7. The van der Waals surface area contributed by atoms with E-state index in [1.54, 1.807) is 0 Å². The van der Waals surface area contributed by atoms with Crippen molar-refractivity contribution in [3.05, 3.63) is 122 Å². The van der Waals surface area contributed by atoms with E-state index < -0.39 is 6.10 Å². The van der Waals surface area contributed by atoms with Gasteiger partial charge in [-0.15, -0.1) is 0 Å². The summed E-state index contributed by atoms with van der Waals surface area (Å²) in [6.07, 6.45) is 96.8. The lowest BCUT2D eigenvalue weighted by molar-refractivity contribution is -0.167. The third-order valence-corrected chi connectivity index (χ3v) is 14.7. The first-order valence-electron chi connectivity index (χ1n) is 34.5. The molecule has 0 aromatic heterocycles. The van der Waals surface area contributed by atoms with Crippen LogP contribution in [0.1, 0.15) is 323 Å². The lowest BCUT2D eigenvalue weighted by Gasteiger charge is -2.18. The summed E-state index contributed by atoms with van der Waals surface area (Å²) in [6, 6.07) is 0. The van der Waals surface area contributed by atoms with Crippen molar-refractivity contribution >= 4 is 17.9 Å². The van der Waals surface area contributed by atoms with E-state index in [9.17, 15) is 14.4 Å². The van der Waals surface area contributed by atoms with E-state index in [2.05, 4.69) is 142 Å². The summed E-state index contributed by atoms with van der Waals surface area (Å²) in [6.45, 7) is 6.42. The number of esters is 3. The van der Waals surface area contributed by atoms with Crippen molar-refractivity contribution in [3.8, 4) is 0 Å². The maximum Gasteiger partial charge on any atom is 0.306 e. The molecule has 6 heteroatoms. The molecule has 0 aliphatic heterocycles. The fraction of sp³-hybridized carbons (Fsp3) is 0.697. The lowest BCUT2D eigenvalue weighted by atomic mass is 10.0. The number of ether oxygens (including phenoxy) is 3. The topological polar surface area (TPSA) is 78.9 Å². The Morgan fingerprint density at radius 2 is 0.512 bits per heavy atom. The number of carbonyl (C=O) groups excluding carboxylic acids is 3. The van der Waals surface area contributed by atoms with Gasteiger partial charge in [0.15, 0.2) is 6.10 Å². The molecule has 82 heavy (non-hydrogen) atoms. The van der Waals surface area contributed by atoms with Gasteiger partial charge in [0.1, 0.15) is 13.2 Å². The molecule has 0 saturated heterocycles. The molecular weight excluding hydrogens is 1010 g/mol. The first-order valence-corrected chi connectivity index (χ1v) is 34.5. The Kier molecular flexibility index (Phi) is 65.8. The summed E-state index contributed by atoms with van der Waals surface area (Å²) in [5.74, 6) is -0.969. The number of rotatable bonds is 62. The summed E-state index contributed by atoms with van der Waals surface area (Å²) in [5, 5.41) is 0. The number of unbranched alkanes of at least 4 members (excludes halogenated alkanes) is 31. The molecule has 0 aromatic rings. The van der Waals surface area contributed by atoms with Crippen LogP contribution in [0.3, 0.4) is 0 Å². The van der Waals surface area contributed by atoms with Gasteiger partial charge in [-0.2, -0.15) is 0 Å². The van der Waals surface area contributed by atoms with Crippen molar-refractivity contribution in [1.29, 1.82) is 0 Å². The zero-order valence-corrected chi connectivity index (χ0v) is 53.7. The molecule has 0 amide bonds. The highest BCUT2D eigenvalue weighted by Gasteiger charge is 2.19. The minimum atomic E-state index is -0.814. The maximum absolute atomic E-state index is 12.9. The molecular formula is C76H128O6. The Hall–Kier alpha value is -4.19. The van der Waals surface area contributed by atoms with Gasteiger partial charge in [-0.3, -0.25) is 14.4 Å². The zero-order chi connectivity index (χ0) is 59.2. The van der Waals surface area contributed by atoms with E-state index in [4.69, 9.17) is 14.2 Å². The second-order valence-corrected chi connectivity index (χ2v) is 22.7. The Bertz CT molecular complexity index is 1690. The van der Waals surface area contributed by atoms with E-state index >= 15 is 0 Å². The van der Waals surface area contributed by atoms with Crippen molar-refractivity contribution in [2.75, 3.05) is 13.2 Å². The molecule has 0 N–H and O–H groups in total. The quantitative estimate of drug-likeness (QED) is 0.0261. The Morgan fingerprint density at radius 3 is 0.841 bits per heavy atom. The van der Waals surface area contributed by atoms with Crippen LogP contribution in [0.15, 0.2) is 122 Å². The van der Waals surface area contributed by atoms with Gasteiger partial charge in [0.05, 0.1) is 0 Å². The molecule has 0 aliphatic carbocycles. The van der Waals surface area contributed by atoms with E-state index in [0.29, 0.717) is 19.3 Å². The van der Waals surface area contributed by atoms with Gasteiger partial charge in [-0.05, 0) is 122 Å². The third kappa shape index (κ3) is 66.6. The van der Waals surface area contributed by atoms with Gasteiger partial charge in [0, 0.05) is 19.3 Å². The van der Waals surface area contributed by atoms with E-state index in [0.717, 1.165) is 116 Å². The smallest absolute Gasteiger partial charge is 0.306 e. The molecule has 0 heterocycles. The maximum atomic E-state index is 12.9. The first kappa shape index (κ1) is 77.8. The molecule has 6 nitrogen and oxygen atoms in total. The second-order valence-electron chi connectivity index (χ2n) is 22.7. The van der Waals surface area contributed by atoms with Crippen molar-refractivity contribution in [2.45, 2.75) is 329 Å². The van der Waals surface area contributed by atoms with Crippen LogP contribution < -0.4 is 0 Å². The van der Waals surface area contributed by atoms with Crippen LogP contribution in [0.5, 0.6) is 0 Å². The SMILES string of the molecule is CC/C=C\C/C=C\C/C=C\C/C=C\C/C=C\C/C=C\C/C=C\CCCC(=O)OC(COC(=O)CCCCCCC/C=C\CCC)COC(=O)CCCCCCCCCCCCCCCCCCCCC/C=C\C/C=C\CCCCCCC. The van der Waals surface area contributed by atoms with Crippen LogP contribution in [-0.2, 0) is 28.6 Å². The lowest BCUT2D eigenvalue weighted by Crippen LogP contribution is -2.30. The number of hydrogen-bond acceptors (Lipinski definition) is 6. The normalized spacial score (nSPS) is 12.9. The third-order valence-electron chi connectivity index (χ3n) is 14.7. The highest BCUT2D eigenvalue weighted by atomic mass is 16.6. The van der Waals surface area contributed by atoms with Crippen LogP contribution in [-0.4, -0.2) is 37.2 Å². The minimum Gasteiger partial charge on any atom is -0.462 e. The molecule has 0 aromatic carbocycles. The van der Waals surface area contributed by atoms with Crippen LogP contribution in [0, 0.1) is 0 Å². The fourth-order valence-electron chi connectivity index (χ4n) is 9.53. The van der Waals surface area contributed by atoms with Crippen LogP contribution in [0.25, 0.3) is 0 Å². The Balaban J connectivity index is 4.24. The van der Waals surface area contributed by atoms with Gasteiger partial charge in [0.25, 0.3) is 0 Å². The molecule has 0 saturated carbocycles. The van der Waals surface area contributed by atoms with Gasteiger partial charge in [-0.25, -0.2) is 0 Å². The van der Waals surface area contributed by atoms with Gasteiger partial charge < -0.3 is 14.2 Å². The summed E-state index contributed by atoms with van der Waals surface area (Å²) in [4.78, 5) is 38.3. The molecule has 0 fully saturated rings. The van der Waals surface area contributed by atoms with Crippen molar-refractivity contribution in [2.24, 2.45) is 0 Å². The van der Waals surface area contributed by atoms with E-state index in [-0.39, 0.29) is 37.5 Å². The monoisotopic (exact) mass is 1140 g/mol. The number of hydrogen-bond donors (Lipinski definition) is 0. The Labute approximate surface area is 507 Å². The first-order chi connectivity index (χ1) is 40.5. The van der Waals surface area contributed by atoms with Gasteiger partial charge in [0.2, 0.25) is 0 Å². The van der Waals surface area contributed by atoms with E-state index in [1.807, 2.05) is 0 Å². The largest absolute Gasteiger partial charge is 0.462 e. The van der Waals surface area contributed by atoms with Crippen molar-refractivity contribution in [3.63, 3.8) is 0 Å². The Morgan fingerprint density at radius 1 is 0.256 bits per heavy atom. The van der Waals surface area contributed by atoms with Crippen LogP contribution >= 0.6 is 0 Å². The van der Waals surface area contributed by atoms with Crippen LogP contribution in [0.2, 0.25) is 0 Å². The van der Waals surface area contributed by atoms with Crippen molar-refractivity contribution in [1.82, 2.24) is 0 Å². The average Bonchev–Trinajstić information content (AvgIpc) is 3.47. The fourth-order valence-corrected chi connectivity index (χ4v) is 9.53. The number of allylic oxidation sites excluding steroid dienone is 20. The minimum absolute atomic E-state index is 0.104. The molecule has 0 rings (SSSR count). The van der Waals surface area contributed by atoms with Gasteiger partial charge in [-0.1, -0.05) is 303 Å². The highest BCUT2D eigenvalue weighted by Crippen LogP contribution is 2.17. The average molecular weight is 1140 g/mol. The molecule has 1 atom stereocenters. The summed E-state index contributed by atoms with van der Waals surface area (Å²) >= 11 is 0. The molecule has 0 radical (unpaired) electrons. The molecule has 468 valence electrons. The summed E-state index contributed by atoms with van der Waals surface area (Å²) < 4.78 is 16.9. The van der Waals surface area contributed by atoms with E-state index in [1.165, 1.54) is 161 Å². The highest BCUT2D eigenvalue weighted by molar-refractivity contribution is 5.71. The molecule has 0 bridgehead atoms. The summed E-state index contributed by atoms with van der Waals surface area (Å²) in [7, 11) is 0. The standard InChI is InChI=1S/C76H128O6/c1-4-7-10-13-16-19-22-24-26-28-30-32-34-35-36-37-38-39-40-41-43-44-46-48-50-52-54-57-60-63-66-69-75(78)81-72-73(71-80-74(77)68-65-62-59-56-21-18-15-12-9-6-3)82-76(79)70-67-64-61-58-55-53-51-49-47-45-42-33-31-29-27-25-23-20-17-14-11-8-5-2/h8,11-12,15,17,20,22,24-25,27-28,30-31,33,45,47,51,53,58,61,73H,4-7,9-10,13-14,16,18-19,21,23,26,29,32,34-44,46,48-50,52,54-57,59-60,62-72H2,1-3H3/b11-8-,15-12-,20-17-,24-22-,27-25-,30-28-,33-31-,47-45-,53-51-,61-58-. The van der Waals surface area contributed by atoms with Gasteiger partial charge >= 0.3 is 17.9 Å². The second kappa shape index (κ2) is 69.3. The predicted molar refractivity (Wildman–Crippen MR) is 357 cm³/mol. The van der Waals surface area contributed by atoms with Crippen molar-refractivity contribution < 1.29 is 28.6 Å². The number of carbonyl (C=O) groups is 3. The molecule has 0 aliphatic rings. The molecule has 0 spiro atoms. The summed E-state index contributed by atoms with van der Waals surface area (Å²) in [5.41, 5.74) is 0. The predicted octanol–water partition coefficient (Wildman–Crippen LogP) is 23.9. The molecule has 1 unspecified atom stereocenters. The van der Waals surface area contributed by atoms with Crippen LogP contribution in [0.4, 0.5) is 0 Å².